The molecule has 12 heavy (non-hydrogen) atoms. The van der Waals surface area contributed by atoms with Crippen LogP contribution in [0.3, 0.4) is 0 Å². The van der Waals surface area contributed by atoms with Crippen molar-refractivity contribution >= 4 is 21.6 Å². The van der Waals surface area contributed by atoms with Gasteiger partial charge >= 0.3 is 0 Å². The maximum Gasteiger partial charge on any atom is 0.0292 e. The Morgan fingerprint density at radius 3 is 1.75 bits per heavy atom. The van der Waals surface area contributed by atoms with Gasteiger partial charge in [0.15, 0.2) is 0 Å². The fourth-order valence-electron chi connectivity index (χ4n) is 1.41. The molecular weight excluding hydrogens is 184 g/mol. The molecule has 0 saturated heterocycles. The molecule has 0 bridgehead atoms. The first kappa shape index (κ1) is 8.52. The number of rotatable bonds is 0. The SMILES string of the molecule is Cc1cc2c(cc1C)CSSC2. The molecule has 0 spiro atoms. The second-order valence-corrected chi connectivity index (χ2v) is 5.69. The molecule has 0 nitrogen and oxygen atoms in total. The highest BCUT2D eigenvalue weighted by molar-refractivity contribution is 8.76. The maximum absolute atomic E-state index is 2.34. The van der Waals surface area contributed by atoms with Crippen molar-refractivity contribution < 1.29 is 0 Å². The molecule has 1 aliphatic rings. The van der Waals surface area contributed by atoms with E-state index in [1.807, 2.05) is 21.6 Å². The Kier molecular flexibility index (Phi) is 2.37. The van der Waals surface area contributed by atoms with Crippen LogP contribution in [0.1, 0.15) is 22.3 Å². The van der Waals surface area contributed by atoms with Crippen molar-refractivity contribution in [1.82, 2.24) is 0 Å². The predicted molar refractivity (Wildman–Crippen MR) is 58.5 cm³/mol. The van der Waals surface area contributed by atoms with Crippen LogP contribution in [0.5, 0.6) is 0 Å². The van der Waals surface area contributed by atoms with Gasteiger partial charge in [-0.3, -0.25) is 0 Å². The fraction of sp³-hybridized carbons (Fsp3) is 0.400. The molecule has 0 amide bonds. The van der Waals surface area contributed by atoms with Gasteiger partial charge in [0.05, 0.1) is 0 Å². The summed E-state index contributed by atoms with van der Waals surface area (Å²) in [4.78, 5) is 0. The van der Waals surface area contributed by atoms with E-state index in [1.54, 1.807) is 11.1 Å². The van der Waals surface area contributed by atoms with Crippen LogP contribution in [-0.4, -0.2) is 0 Å². The number of hydrogen-bond donors (Lipinski definition) is 0. The van der Waals surface area contributed by atoms with Crippen molar-refractivity contribution in [1.29, 1.82) is 0 Å². The minimum Gasteiger partial charge on any atom is -0.0890 e. The van der Waals surface area contributed by atoms with Crippen LogP contribution in [0.15, 0.2) is 12.1 Å². The van der Waals surface area contributed by atoms with Gasteiger partial charge in [-0.1, -0.05) is 33.7 Å². The molecular formula is C10H12S2. The summed E-state index contributed by atoms with van der Waals surface area (Å²) in [5.41, 5.74) is 5.95. The minimum absolute atomic E-state index is 1.18. The molecule has 0 radical (unpaired) electrons. The molecule has 2 heteroatoms. The molecule has 1 aromatic carbocycles. The summed E-state index contributed by atoms with van der Waals surface area (Å²) >= 11 is 0. The largest absolute Gasteiger partial charge is 0.0890 e. The second kappa shape index (κ2) is 3.35. The first-order valence-corrected chi connectivity index (χ1v) is 6.59. The van der Waals surface area contributed by atoms with Crippen LogP contribution in [-0.2, 0) is 11.5 Å². The number of benzene rings is 1. The van der Waals surface area contributed by atoms with E-state index in [9.17, 15) is 0 Å². The monoisotopic (exact) mass is 196 g/mol. The van der Waals surface area contributed by atoms with Crippen LogP contribution < -0.4 is 0 Å². The van der Waals surface area contributed by atoms with Gasteiger partial charge in [-0.2, -0.15) is 0 Å². The topological polar surface area (TPSA) is 0 Å². The zero-order chi connectivity index (χ0) is 8.55. The quantitative estimate of drug-likeness (QED) is 0.580. The maximum atomic E-state index is 2.34. The first-order valence-electron chi connectivity index (χ1n) is 4.11. The van der Waals surface area contributed by atoms with Crippen LogP contribution in [0, 0.1) is 13.8 Å². The fourth-order valence-corrected chi connectivity index (χ4v) is 3.63. The van der Waals surface area contributed by atoms with Crippen LogP contribution in [0.25, 0.3) is 0 Å². The average Bonchev–Trinajstić information content (AvgIpc) is 2.07. The van der Waals surface area contributed by atoms with Crippen molar-refractivity contribution in [2.75, 3.05) is 0 Å². The smallest absolute Gasteiger partial charge is 0.0292 e. The molecule has 0 aliphatic carbocycles. The highest BCUT2D eigenvalue weighted by Gasteiger charge is 2.10. The predicted octanol–water partition coefficient (Wildman–Crippen LogP) is 3.70. The molecule has 1 aromatic rings. The molecule has 64 valence electrons. The summed E-state index contributed by atoms with van der Waals surface area (Å²) in [5, 5.41) is 0. The van der Waals surface area contributed by atoms with E-state index in [0.29, 0.717) is 0 Å². The van der Waals surface area contributed by atoms with E-state index in [2.05, 4.69) is 26.0 Å². The van der Waals surface area contributed by atoms with E-state index in [-0.39, 0.29) is 0 Å². The Bertz CT molecular complexity index is 274. The summed E-state index contributed by atoms with van der Waals surface area (Å²) in [6, 6.07) is 4.69. The summed E-state index contributed by atoms with van der Waals surface area (Å²) in [6.07, 6.45) is 0. The van der Waals surface area contributed by atoms with Gasteiger partial charge in [-0.05, 0) is 36.1 Å². The molecule has 0 aromatic heterocycles. The van der Waals surface area contributed by atoms with E-state index in [4.69, 9.17) is 0 Å². The Balaban J connectivity index is 2.49. The molecule has 0 saturated carbocycles. The lowest BCUT2D eigenvalue weighted by Crippen LogP contribution is -1.97. The van der Waals surface area contributed by atoms with Crippen LogP contribution in [0.4, 0.5) is 0 Å². The van der Waals surface area contributed by atoms with Gasteiger partial charge in [-0.25, -0.2) is 0 Å². The Labute approximate surface area is 81.5 Å². The van der Waals surface area contributed by atoms with Gasteiger partial charge in [0.2, 0.25) is 0 Å². The zero-order valence-corrected chi connectivity index (χ0v) is 9.02. The molecule has 0 atom stereocenters. The van der Waals surface area contributed by atoms with E-state index in [1.165, 1.54) is 22.6 Å². The van der Waals surface area contributed by atoms with E-state index < -0.39 is 0 Å². The third kappa shape index (κ3) is 1.50. The minimum atomic E-state index is 1.18. The summed E-state index contributed by atoms with van der Waals surface area (Å²) in [7, 11) is 3.94. The number of fused-ring (bicyclic) bond motifs is 1. The third-order valence-electron chi connectivity index (χ3n) is 2.33. The average molecular weight is 196 g/mol. The Morgan fingerprint density at radius 1 is 0.917 bits per heavy atom. The van der Waals surface area contributed by atoms with Gasteiger partial charge < -0.3 is 0 Å². The molecule has 0 fully saturated rings. The molecule has 0 N–H and O–H groups in total. The summed E-state index contributed by atoms with van der Waals surface area (Å²) in [5.74, 6) is 2.36. The molecule has 2 rings (SSSR count). The lowest BCUT2D eigenvalue weighted by atomic mass is 10.0. The van der Waals surface area contributed by atoms with E-state index >= 15 is 0 Å². The zero-order valence-electron chi connectivity index (χ0n) is 7.39. The van der Waals surface area contributed by atoms with Gasteiger partial charge in [0.1, 0.15) is 0 Å². The lowest BCUT2D eigenvalue weighted by Gasteiger charge is -2.16. The van der Waals surface area contributed by atoms with Gasteiger partial charge in [0.25, 0.3) is 0 Å². The lowest BCUT2D eigenvalue weighted by molar-refractivity contribution is 1.21. The third-order valence-corrected chi connectivity index (χ3v) is 4.56. The first-order chi connectivity index (χ1) is 5.77. The highest BCUT2D eigenvalue weighted by atomic mass is 33.1. The second-order valence-electron chi connectivity index (χ2n) is 3.23. The highest BCUT2D eigenvalue weighted by Crippen LogP contribution is 2.37. The summed E-state index contributed by atoms with van der Waals surface area (Å²) in [6.45, 7) is 4.39. The van der Waals surface area contributed by atoms with Crippen LogP contribution in [0.2, 0.25) is 0 Å². The van der Waals surface area contributed by atoms with Crippen molar-refractivity contribution in [3.63, 3.8) is 0 Å². The van der Waals surface area contributed by atoms with Crippen molar-refractivity contribution in [3.05, 3.63) is 34.4 Å². The standard InChI is InChI=1S/C10H12S2/c1-7-3-9-5-11-12-6-10(9)4-8(7)2/h3-4H,5-6H2,1-2H3. The normalized spacial score (nSPS) is 15.8. The van der Waals surface area contributed by atoms with Crippen LogP contribution >= 0.6 is 21.6 Å². The molecule has 1 aliphatic heterocycles. The van der Waals surface area contributed by atoms with E-state index in [0.717, 1.165) is 0 Å². The number of aryl methyl sites for hydroxylation is 2. The number of hydrogen-bond acceptors (Lipinski definition) is 2. The van der Waals surface area contributed by atoms with Gasteiger partial charge in [0, 0.05) is 11.5 Å². The molecule has 1 heterocycles. The van der Waals surface area contributed by atoms with Crippen molar-refractivity contribution in [3.8, 4) is 0 Å². The van der Waals surface area contributed by atoms with Crippen molar-refractivity contribution in [2.45, 2.75) is 25.4 Å². The van der Waals surface area contributed by atoms with Crippen molar-refractivity contribution in [2.24, 2.45) is 0 Å². The van der Waals surface area contributed by atoms with Gasteiger partial charge in [-0.15, -0.1) is 0 Å². The Morgan fingerprint density at radius 2 is 1.33 bits per heavy atom. The Hall–Kier alpha value is -0.0800. The summed E-state index contributed by atoms with van der Waals surface area (Å²) < 4.78 is 0. The molecule has 0 unspecified atom stereocenters.